The largest absolute Gasteiger partial charge is 0.494 e. The van der Waals surface area contributed by atoms with E-state index in [1.165, 1.54) is 12.4 Å². The molecule has 0 spiro atoms. The number of fused-ring (bicyclic) bond motifs is 2. The number of hydrogen-bond acceptors (Lipinski definition) is 8. The molecule has 0 fully saturated rings. The minimum atomic E-state index is -1.05. The van der Waals surface area contributed by atoms with E-state index in [0.717, 1.165) is 67.2 Å². The standard InChI is InChI=1S/C39H40Cl2N4O6/c1-22-16-27(17-23(2)36(22)41)49-13-6-8-28-29-9-10-30(40)35(34-24(3)42-21-43-25(34)4)37(29)45(32(28)20-46)12-7-11-44(5)31-18-26(39(47)48)19-33-38(31)51-15-14-50-33/h9-10,16-21H,6-8,11-15H2,1-5H3,(H,47,48). The van der Waals surface area contributed by atoms with Crippen molar-refractivity contribution in [2.45, 2.75) is 53.5 Å². The van der Waals surface area contributed by atoms with Crippen LogP contribution in [-0.2, 0) is 13.0 Å². The average Bonchev–Trinajstić information content (AvgIpc) is 3.41. The van der Waals surface area contributed by atoms with Gasteiger partial charge in [0.05, 0.1) is 34.1 Å². The fraction of sp³-hybridized carbons (Fsp3) is 0.333. The number of aromatic carboxylic acids is 1. The molecule has 51 heavy (non-hydrogen) atoms. The summed E-state index contributed by atoms with van der Waals surface area (Å²) in [5.74, 6) is 0.638. The molecule has 0 saturated heterocycles. The van der Waals surface area contributed by atoms with Crippen molar-refractivity contribution >= 4 is 52.0 Å². The van der Waals surface area contributed by atoms with Crippen molar-refractivity contribution in [3.8, 4) is 28.4 Å². The Morgan fingerprint density at radius 2 is 1.71 bits per heavy atom. The predicted molar refractivity (Wildman–Crippen MR) is 200 cm³/mol. The van der Waals surface area contributed by atoms with Crippen LogP contribution in [0.25, 0.3) is 22.0 Å². The maximum Gasteiger partial charge on any atom is 0.335 e. The van der Waals surface area contributed by atoms with Crippen molar-refractivity contribution in [1.29, 1.82) is 0 Å². The molecule has 1 aliphatic rings. The number of aldehydes is 1. The average molecular weight is 732 g/mol. The SMILES string of the molecule is Cc1cc(OCCCc2c(C=O)n(CCCN(C)c3cc(C(=O)O)cc4c3OCCO4)c3c(-c4c(C)ncnc4C)c(Cl)ccc23)cc(C)c1Cl. The van der Waals surface area contributed by atoms with Crippen molar-refractivity contribution in [1.82, 2.24) is 14.5 Å². The summed E-state index contributed by atoms with van der Waals surface area (Å²) in [6.45, 7) is 9.95. The molecule has 0 aliphatic carbocycles. The van der Waals surface area contributed by atoms with E-state index in [0.29, 0.717) is 80.1 Å². The van der Waals surface area contributed by atoms with Crippen molar-refractivity contribution in [3.63, 3.8) is 0 Å². The lowest BCUT2D eigenvalue weighted by molar-refractivity contribution is 0.0695. The molecule has 266 valence electrons. The molecule has 0 radical (unpaired) electrons. The zero-order valence-electron chi connectivity index (χ0n) is 29.3. The number of nitrogens with zero attached hydrogens (tertiary/aromatic N) is 4. The lowest BCUT2D eigenvalue weighted by Crippen LogP contribution is -2.24. The normalized spacial score (nSPS) is 12.3. The number of benzene rings is 3. The van der Waals surface area contributed by atoms with Gasteiger partial charge in [-0.25, -0.2) is 14.8 Å². The number of anilines is 1. The summed E-state index contributed by atoms with van der Waals surface area (Å²) in [5.41, 5.74) is 8.17. The van der Waals surface area contributed by atoms with Crippen LogP contribution >= 0.6 is 23.2 Å². The third-order valence-corrected chi connectivity index (χ3v) is 10.2. The van der Waals surface area contributed by atoms with Gasteiger partial charge in [-0.15, -0.1) is 0 Å². The predicted octanol–water partition coefficient (Wildman–Crippen LogP) is 8.46. The monoisotopic (exact) mass is 730 g/mol. The maximum atomic E-state index is 13.0. The van der Waals surface area contributed by atoms with Gasteiger partial charge in [0.15, 0.2) is 17.8 Å². The highest BCUT2D eigenvalue weighted by molar-refractivity contribution is 6.35. The zero-order chi connectivity index (χ0) is 36.4. The van der Waals surface area contributed by atoms with Crippen LogP contribution in [0.3, 0.4) is 0 Å². The molecule has 3 aromatic carbocycles. The van der Waals surface area contributed by atoms with Crippen molar-refractivity contribution in [3.05, 3.63) is 92.1 Å². The second-order valence-corrected chi connectivity index (χ2v) is 13.6. The first kappa shape index (κ1) is 36.0. The van der Waals surface area contributed by atoms with Crippen LogP contribution in [0.4, 0.5) is 5.69 Å². The molecule has 3 heterocycles. The van der Waals surface area contributed by atoms with Gasteiger partial charge in [-0.1, -0.05) is 29.3 Å². The summed E-state index contributed by atoms with van der Waals surface area (Å²) in [6, 6.07) is 10.8. The quantitative estimate of drug-likeness (QED) is 0.0941. The lowest BCUT2D eigenvalue weighted by Gasteiger charge is -2.27. The van der Waals surface area contributed by atoms with Crippen LogP contribution in [0.1, 0.15) is 61.8 Å². The van der Waals surface area contributed by atoms with Gasteiger partial charge >= 0.3 is 5.97 Å². The number of carbonyl (C=O) groups is 2. The van der Waals surface area contributed by atoms with E-state index >= 15 is 0 Å². The van der Waals surface area contributed by atoms with Crippen molar-refractivity contribution in [2.75, 3.05) is 38.3 Å². The Morgan fingerprint density at radius 1 is 1.00 bits per heavy atom. The molecule has 6 rings (SSSR count). The molecule has 0 unspecified atom stereocenters. The number of hydrogen-bond donors (Lipinski definition) is 1. The van der Waals surface area contributed by atoms with E-state index in [4.69, 9.17) is 37.4 Å². The first-order valence-electron chi connectivity index (χ1n) is 16.8. The van der Waals surface area contributed by atoms with E-state index in [9.17, 15) is 14.7 Å². The summed E-state index contributed by atoms with van der Waals surface area (Å²) in [4.78, 5) is 35.8. The molecule has 5 aromatic rings. The molecule has 1 N–H and O–H groups in total. The van der Waals surface area contributed by atoms with Crippen LogP contribution in [0.15, 0.2) is 42.7 Å². The number of rotatable bonds is 13. The lowest BCUT2D eigenvalue weighted by atomic mass is 9.98. The van der Waals surface area contributed by atoms with Gasteiger partial charge < -0.3 is 28.8 Å². The zero-order valence-corrected chi connectivity index (χ0v) is 30.8. The molecule has 0 bridgehead atoms. The fourth-order valence-electron chi connectivity index (χ4n) is 6.89. The van der Waals surface area contributed by atoms with Crippen LogP contribution in [-0.4, -0.2) is 65.3 Å². The van der Waals surface area contributed by atoms with Crippen LogP contribution in [0.5, 0.6) is 17.2 Å². The Bertz CT molecular complexity index is 2100. The third kappa shape index (κ3) is 7.21. The topological polar surface area (TPSA) is 116 Å². The highest BCUT2D eigenvalue weighted by Crippen LogP contribution is 2.43. The van der Waals surface area contributed by atoms with E-state index in [1.807, 2.05) is 68.5 Å². The van der Waals surface area contributed by atoms with Gasteiger partial charge in [-0.3, -0.25) is 4.79 Å². The minimum absolute atomic E-state index is 0.116. The summed E-state index contributed by atoms with van der Waals surface area (Å²) < 4.78 is 19.8. The van der Waals surface area contributed by atoms with E-state index in [2.05, 4.69) is 9.97 Å². The van der Waals surface area contributed by atoms with E-state index < -0.39 is 5.97 Å². The van der Waals surface area contributed by atoms with Crippen LogP contribution in [0, 0.1) is 27.7 Å². The molecule has 0 amide bonds. The second-order valence-electron chi connectivity index (χ2n) is 12.8. The number of ether oxygens (including phenoxy) is 3. The maximum absolute atomic E-state index is 13.0. The summed E-state index contributed by atoms with van der Waals surface area (Å²) in [7, 11) is 1.89. The summed E-state index contributed by atoms with van der Waals surface area (Å²) in [6.07, 6.45) is 4.33. The van der Waals surface area contributed by atoms with E-state index in [-0.39, 0.29) is 5.56 Å². The van der Waals surface area contributed by atoms with Gasteiger partial charge in [0.25, 0.3) is 0 Å². The molecular formula is C39H40Cl2N4O6. The van der Waals surface area contributed by atoms with Gasteiger partial charge in [-0.05, 0) is 94.0 Å². The number of carboxylic acid groups (broad SMARTS) is 1. The van der Waals surface area contributed by atoms with Gasteiger partial charge in [0.1, 0.15) is 25.3 Å². The second kappa shape index (κ2) is 15.2. The minimum Gasteiger partial charge on any atom is -0.494 e. The Hall–Kier alpha value is -4.80. The van der Waals surface area contributed by atoms with Crippen LogP contribution < -0.4 is 19.1 Å². The number of halogens is 2. The van der Waals surface area contributed by atoms with Crippen LogP contribution in [0.2, 0.25) is 10.0 Å². The summed E-state index contributed by atoms with van der Waals surface area (Å²) in [5, 5.41) is 11.9. The summed E-state index contributed by atoms with van der Waals surface area (Å²) >= 11 is 13.4. The number of carboxylic acids is 1. The Labute approximate surface area is 306 Å². The number of carbonyl (C=O) groups excluding carboxylic acids is 1. The molecule has 0 saturated carbocycles. The Kier molecular flexibility index (Phi) is 10.7. The number of aromatic nitrogens is 3. The number of aryl methyl sites for hydroxylation is 6. The first-order chi connectivity index (χ1) is 24.5. The smallest absolute Gasteiger partial charge is 0.335 e. The fourth-order valence-corrected chi connectivity index (χ4v) is 7.25. The molecule has 0 atom stereocenters. The molecule has 2 aromatic heterocycles. The molecule has 10 nitrogen and oxygen atoms in total. The molecule has 12 heteroatoms. The van der Waals surface area contributed by atoms with Crippen molar-refractivity contribution < 1.29 is 28.9 Å². The highest BCUT2D eigenvalue weighted by atomic mass is 35.5. The third-order valence-electron chi connectivity index (χ3n) is 9.32. The molecule has 1 aliphatic heterocycles. The van der Waals surface area contributed by atoms with Gasteiger partial charge in [0, 0.05) is 53.1 Å². The van der Waals surface area contributed by atoms with Crippen molar-refractivity contribution in [2.24, 2.45) is 0 Å². The highest BCUT2D eigenvalue weighted by Gasteiger charge is 2.25. The Morgan fingerprint density at radius 3 is 2.39 bits per heavy atom. The Balaban J connectivity index is 1.34. The molecular weight excluding hydrogens is 691 g/mol. The van der Waals surface area contributed by atoms with Gasteiger partial charge in [-0.2, -0.15) is 0 Å². The van der Waals surface area contributed by atoms with E-state index in [1.54, 1.807) is 6.07 Å². The van der Waals surface area contributed by atoms with Gasteiger partial charge in [0.2, 0.25) is 0 Å². The first-order valence-corrected chi connectivity index (χ1v) is 17.6.